The maximum Gasteiger partial charge on any atom is 0.419 e. The van der Waals surface area contributed by atoms with Gasteiger partial charge in [-0.1, -0.05) is 12.1 Å². The number of halogens is 14. The molecule has 0 bridgehead atoms. The molecule has 2 aromatic carbocycles. The minimum absolute atomic E-state index is 0.216. The Morgan fingerprint density at radius 2 is 0.979 bits per heavy atom. The average Bonchev–Trinajstić information content (AvgIpc) is 2.95. The van der Waals surface area contributed by atoms with E-state index in [-0.39, 0.29) is 37.4 Å². The van der Waals surface area contributed by atoms with E-state index in [1.54, 1.807) is 0 Å². The molecule has 2 heterocycles. The van der Waals surface area contributed by atoms with Crippen LogP contribution in [-0.2, 0) is 26.6 Å². The van der Waals surface area contributed by atoms with E-state index in [1.807, 2.05) is 0 Å². The zero-order valence-corrected chi connectivity index (χ0v) is 23.8. The number of hydrogen-bond donors (Lipinski definition) is 0. The summed E-state index contributed by atoms with van der Waals surface area (Å²) in [5.41, 5.74) is -3.70. The highest BCUT2D eigenvalue weighted by atomic mass is 19.4. The van der Waals surface area contributed by atoms with Crippen LogP contribution in [0.5, 0.6) is 0 Å². The van der Waals surface area contributed by atoms with E-state index >= 15 is 0 Å². The predicted octanol–water partition coefficient (Wildman–Crippen LogP) is 7.33. The van der Waals surface area contributed by atoms with Gasteiger partial charge in [-0.05, 0) is 35.4 Å². The second kappa shape index (κ2) is 14.0. The molecule has 0 spiro atoms. The van der Waals surface area contributed by atoms with Gasteiger partial charge in [-0.25, -0.2) is 8.78 Å². The average molecular weight is 704 g/mol. The highest BCUT2D eigenvalue weighted by Crippen LogP contribution is 2.37. The first-order valence-electron chi connectivity index (χ1n) is 13.8. The van der Waals surface area contributed by atoms with Crippen molar-refractivity contribution in [3.63, 3.8) is 0 Å². The molecule has 4 rings (SSSR count). The maximum absolute atomic E-state index is 14.0. The Morgan fingerprint density at radius 1 is 0.617 bits per heavy atom. The van der Waals surface area contributed by atoms with E-state index < -0.39 is 98.1 Å². The largest absolute Gasteiger partial charge is 0.419 e. The summed E-state index contributed by atoms with van der Waals surface area (Å²) in [6, 6.07) is 3.79. The van der Waals surface area contributed by atoms with Crippen LogP contribution in [0.1, 0.15) is 34.5 Å². The van der Waals surface area contributed by atoms with Crippen molar-refractivity contribution >= 4 is 0 Å². The van der Waals surface area contributed by atoms with Gasteiger partial charge in [0.1, 0.15) is 11.6 Å². The lowest BCUT2D eigenvalue weighted by Gasteiger charge is -2.39. The van der Waals surface area contributed by atoms with Crippen LogP contribution in [0, 0.1) is 11.6 Å². The van der Waals surface area contributed by atoms with Crippen LogP contribution in [0.2, 0.25) is 0 Å². The molecule has 264 valence electrons. The van der Waals surface area contributed by atoms with Gasteiger partial charge < -0.3 is 14.2 Å². The van der Waals surface area contributed by atoms with Crippen molar-refractivity contribution in [3.8, 4) is 0 Å². The summed E-state index contributed by atoms with van der Waals surface area (Å²) in [5, 5.41) is 0. The highest BCUT2D eigenvalue weighted by Gasteiger charge is 2.50. The van der Waals surface area contributed by atoms with Crippen molar-refractivity contribution in [1.82, 2.24) is 9.80 Å². The van der Waals surface area contributed by atoms with E-state index in [0.717, 1.165) is 21.9 Å². The quantitative estimate of drug-likeness (QED) is 0.269. The normalized spacial score (nSPS) is 22.3. The summed E-state index contributed by atoms with van der Waals surface area (Å²) in [5.74, 6) is -3.18. The third-order valence-electron chi connectivity index (χ3n) is 7.54. The molecular formula is C28H26F14N2O3. The molecule has 0 radical (unpaired) electrons. The Bertz CT molecular complexity index is 1260. The topological polar surface area (TPSA) is 34.2 Å². The van der Waals surface area contributed by atoms with E-state index in [1.165, 1.54) is 0 Å². The molecule has 0 saturated carbocycles. The van der Waals surface area contributed by atoms with Crippen LogP contribution in [0.25, 0.3) is 0 Å². The van der Waals surface area contributed by atoms with Gasteiger partial charge in [0.25, 0.3) is 0 Å². The summed E-state index contributed by atoms with van der Waals surface area (Å²) < 4.78 is 206. The maximum atomic E-state index is 14.0. The van der Waals surface area contributed by atoms with Crippen molar-refractivity contribution in [1.29, 1.82) is 0 Å². The van der Waals surface area contributed by atoms with Crippen LogP contribution < -0.4 is 0 Å². The first-order valence-corrected chi connectivity index (χ1v) is 13.8. The Kier molecular flexibility index (Phi) is 11.1. The molecule has 2 aromatic rings. The van der Waals surface area contributed by atoms with Crippen molar-refractivity contribution in [2.24, 2.45) is 0 Å². The van der Waals surface area contributed by atoms with Gasteiger partial charge in [0.2, 0.25) is 0 Å². The zero-order valence-electron chi connectivity index (χ0n) is 23.8. The number of hydrogen-bond acceptors (Lipinski definition) is 5. The summed E-state index contributed by atoms with van der Waals surface area (Å²) in [7, 11) is 0. The molecule has 2 aliphatic rings. The minimum atomic E-state index is -5.34. The van der Waals surface area contributed by atoms with Crippen LogP contribution in [0.15, 0.2) is 36.4 Å². The molecule has 19 heteroatoms. The standard InChI is InChI=1S/C28H26F14N2O3/c29-19-3-1-15(9-17(19)25(31,32)33)21-11-43(5-7-45-21)13-23(27(37,38)39)47-24(28(40,41)42)14-44-6-8-46-22(12-44)16-2-4-20(30)18(10-16)26(34,35)36/h1-4,9-10,21-24H,5-8,11-14H2/t21-,22-,23-,24-/m0/s1. The summed E-state index contributed by atoms with van der Waals surface area (Å²) in [6.45, 7) is -4.43. The van der Waals surface area contributed by atoms with Gasteiger partial charge in [0, 0.05) is 39.3 Å². The van der Waals surface area contributed by atoms with Crippen LogP contribution in [0.3, 0.4) is 0 Å². The summed E-state index contributed by atoms with van der Waals surface area (Å²) in [6.07, 6.45) is -29.5. The molecule has 4 atom stereocenters. The lowest BCUT2D eigenvalue weighted by atomic mass is 10.0. The number of rotatable bonds is 8. The van der Waals surface area contributed by atoms with Crippen LogP contribution >= 0.6 is 0 Å². The molecule has 2 fully saturated rings. The first kappa shape index (κ1) is 37.1. The molecule has 2 saturated heterocycles. The van der Waals surface area contributed by atoms with Crippen molar-refractivity contribution in [2.45, 2.75) is 49.1 Å². The van der Waals surface area contributed by atoms with Crippen LogP contribution in [0.4, 0.5) is 61.5 Å². The molecule has 5 nitrogen and oxygen atoms in total. The van der Waals surface area contributed by atoms with Gasteiger partial charge in [0.05, 0.1) is 36.5 Å². The monoisotopic (exact) mass is 704 g/mol. The Morgan fingerprint density at radius 3 is 1.30 bits per heavy atom. The van der Waals surface area contributed by atoms with Gasteiger partial charge >= 0.3 is 24.7 Å². The molecule has 0 aromatic heterocycles. The molecule has 0 aliphatic carbocycles. The third kappa shape index (κ3) is 9.67. The van der Waals surface area contributed by atoms with Crippen molar-refractivity contribution in [2.75, 3.05) is 52.5 Å². The number of nitrogens with zero attached hydrogens (tertiary/aromatic N) is 2. The smallest absolute Gasteiger partial charge is 0.371 e. The Balaban J connectivity index is 1.47. The summed E-state index contributed by atoms with van der Waals surface area (Å²) >= 11 is 0. The third-order valence-corrected chi connectivity index (χ3v) is 7.54. The van der Waals surface area contributed by atoms with E-state index in [0.29, 0.717) is 24.3 Å². The van der Waals surface area contributed by atoms with Crippen molar-refractivity contribution in [3.05, 3.63) is 70.3 Å². The van der Waals surface area contributed by atoms with Crippen molar-refractivity contribution < 1.29 is 75.7 Å². The lowest BCUT2D eigenvalue weighted by molar-refractivity contribution is -0.292. The van der Waals surface area contributed by atoms with E-state index in [2.05, 4.69) is 4.74 Å². The van der Waals surface area contributed by atoms with Gasteiger partial charge in [-0.15, -0.1) is 0 Å². The van der Waals surface area contributed by atoms with E-state index in [4.69, 9.17) is 9.47 Å². The Labute approximate surface area is 257 Å². The van der Waals surface area contributed by atoms with Gasteiger partial charge in [0.15, 0.2) is 12.2 Å². The second-order valence-electron chi connectivity index (χ2n) is 10.9. The van der Waals surface area contributed by atoms with Gasteiger partial charge in [-0.2, -0.15) is 52.7 Å². The molecule has 0 amide bonds. The number of benzene rings is 2. The highest BCUT2D eigenvalue weighted by molar-refractivity contribution is 5.30. The molecule has 47 heavy (non-hydrogen) atoms. The minimum Gasteiger partial charge on any atom is -0.371 e. The Hall–Kier alpha value is -2.74. The zero-order chi connectivity index (χ0) is 34.9. The lowest BCUT2D eigenvalue weighted by Crippen LogP contribution is -2.53. The van der Waals surface area contributed by atoms with Gasteiger partial charge in [-0.3, -0.25) is 9.80 Å². The fraction of sp³-hybridized carbons (Fsp3) is 0.571. The molecule has 0 unspecified atom stereocenters. The number of alkyl halides is 12. The molecular weight excluding hydrogens is 678 g/mol. The fourth-order valence-electron chi connectivity index (χ4n) is 5.18. The predicted molar refractivity (Wildman–Crippen MR) is 134 cm³/mol. The SMILES string of the molecule is Fc1ccc([C@@H]2CN(C[C@H](O[C@@H](CN3CCO[C@H](c4ccc(F)c(C(F)(F)F)c4)C3)C(F)(F)F)C(F)(F)F)CCO2)cc1C(F)(F)F. The number of morpholine rings is 2. The fourth-order valence-corrected chi connectivity index (χ4v) is 5.18. The second-order valence-corrected chi connectivity index (χ2v) is 10.9. The first-order chi connectivity index (χ1) is 21.6. The molecule has 0 N–H and O–H groups in total. The van der Waals surface area contributed by atoms with E-state index in [9.17, 15) is 61.5 Å². The number of ether oxygens (including phenoxy) is 3. The summed E-state index contributed by atoms with van der Waals surface area (Å²) in [4.78, 5) is 1.99. The molecule has 2 aliphatic heterocycles. The van der Waals surface area contributed by atoms with Crippen LogP contribution in [-0.4, -0.2) is 86.8 Å².